The standard InChI is InChI=1S/C19H16ClNO4S3/c1-13-17(28(24,25)16-10-8-14(20)9-11-16)12-26-18(13)19(22)21(27(2)23)15-6-4-3-5-7-15/h3-12H,1-2H3/t27-/m1/s1. The number of amides is 1. The number of hydrogen-bond donors (Lipinski definition) is 0. The van der Waals surface area contributed by atoms with Crippen molar-refractivity contribution in [2.45, 2.75) is 16.7 Å². The minimum absolute atomic E-state index is 0.0538. The quantitative estimate of drug-likeness (QED) is 0.570. The van der Waals surface area contributed by atoms with Gasteiger partial charge in [-0.3, -0.25) is 4.79 Å². The number of halogens is 1. The van der Waals surface area contributed by atoms with E-state index in [0.717, 1.165) is 15.6 Å². The first kappa shape index (κ1) is 20.7. The molecule has 28 heavy (non-hydrogen) atoms. The van der Waals surface area contributed by atoms with E-state index in [2.05, 4.69) is 0 Å². The molecule has 1 amide bonds. The predicted octanol–water partition coefficient (Wildman–Crippen LogP) is 4.48. The van der Waals surface area contributed by atoms with Crippen LogP contribution in [0.4, 0.5) is 5.69 Å². The first-order valence-corrected chi connectivity index (χ1v) is 12.3. The summed E-state index contributed by atoms with van der Waals surface area (Å²) in [5.41, 5.74) is 0.805. The van der Waals surface area contributed by atoms with Gasteiger partial charge in [-0.1, -0.05) is 29.8 Å². The van der Waals surface area contributed by atoms with Gasteiger partial charge in [0.25, 0.3) is 5.91 Å². The van der Waals surface area contributed by atoms with Crippen LogP contribution in [0.5, 0.6) is 0 Å². The molecule has 1 aromatic heterocycles. The van der Waals surface area contributed by atoms with E-state index in [9.17, 15) is 17.4 Å². The van der Waals surface area contributed by atoms with Gasteiger partial charge in [0.2, 0.25) is 9.84 Å². The molecule has 0 aliphatic rings. The molecule has 0 saturated carbocycles. The molecule has 0 aliphatic heterocycles. The topological polar surface area (TPSA) is 71.5 Å². The van der Waals surface area contributed by atoms with E-state index in [1.165, 1.54) is 35.9 Å². The molecule has 0 saturated heterocycles. The van der Waals surface area contributed by atoms with Crippen molar-refractivity contribution in [3.63, 3.8) is 0 Å². The molecule has 0 N–H and O–H groups in total. The molecule has 1 atom stereocenters. The van der Waals surface area contributed by atoms with Gasteiger partial charge in [0.1, 0.15) is 11.0 Å². The fourth-order valence-corrected chi connectivity index (χ4v) is 6.43. The number of thiophene rings is 1. The van der Waals surface area contributed by atoms with Crippen LogP contribution in [0, 0.1) is 6.92 Å². The Bertz CT molecular complexity index is 1140. The van der Waals surface area contributed by atoms with Gasteiger partial charge in [-0.25, -0.2) is 16.9 Å². The minimum atomic E-state index is -3.80. The molecule has 9 heteroatoms. The fourth-order valence-electron chi connectivity index (χ4n) is 2.66. The number of para-hydroxylation sites is 1. The molecule has 0 fully saturated rings. The van der Waals surface area contributed by atoms with E-state index in [0.29, 0.717) is 16.3 Å². The molecular weight excluding hydrogens is 438 g/mol. The molecule has 0 aliphatic carbocycles. The number of rotatable bonds is 5. The van der Waals surface area contributed by atoms with Crippen molar-refractivity contribution in [3.8, 4) is 0 Å². The van der Waals surface area contributed by atoms with Crippen molar-refractivity contribution in [1.82, 2.24) is 0 Å². The van der Waals surface area contributed by atoms with Crippen molar-refractivity contribution in [3.05, 3.63) is 75.4 Å². The monoisotopic (exact) mass is 453 g/mol. The summed E-state index contributed by atoms with van der Waals surface area (Å²) in [6.45, 7) is 1.58. The van der Waals surface area contributed by atoms with Crippen LogP contribution < -0.4 is 4.31 Å². The number of sulfone groups is 1. The van der Waals surface area contributed by atoms with Crippen molar-refractivity contribution in [1.29, 1.82) is 0 Å². The summed E-state index contributed by atoms with van der Waals surface area (Å²) >= 11 is 6.85. The average molecular weight is 454 g/mol. The largest absolute Gasteiger partial charge is 0.280 e. The van der Waals surface area contributed by atoms with E-state index in [1.54, 1.807) is 37.3 Å². The summed E-state index contributed by atoms with van der Waals surface area (Å²) in [6, 6.07) is 14.5. The lowest BCUT2D eigenvalue weighted by Gasteiger charge is -2.19. The van der Waals surface area contributed by atoms with Gasteiger partial charge in [-0.15, -0.1) is 11.3 Å². The Hall–Kier alpha value is -2.00. The molecular formula is C19H16ClNO4S3. The van der Waals surface area contributed by atoms with Crippen LogP contribution in [-0.2, 0) is 20.8 Å². The van der Waals surface area contributed by atoms with E-state index in [4.69, 9.17) is 11.6 Å². The molecule has 3 aromatic rings. The summed E-state index contributed by atoms with van der Waals surface area (Å²) in [6.07, 6.45) is 1.40. The van der Waals surface area contributed by atoms with Crippen LogP contribution in [-0.4, -0.2) is 24.8 Å². The van der Waals surface area contributed by atoms with Gasteiger partial charge in [0.05, 0.1) is 20.4 Å². The highest BCUT2D eigenvalue weighted by Gasteiger charge is 2.29. The van der Waals surface area contributed by atoms with Gasteiger partial charge < -0.3 is 0 Å². The average Bonchev–Trinajstić information content (AvgIpc) is 3.05. The normalized spacial score (nSPS) is 12.5. The smallest absolute Gasteiger partial charge is 0.267 e. The predicted molar refractivity (Wildman–Crippen MR) is 113 cm³/mol. The van der Waals surface area contributed by atoms with Crippen molar-refractivity contribution < 1.29 is 17.4 Å². The molecule has 0 unspecified atom stereocenters. The molecule has 0 radical (unpaired) electrons. The molecule has 146 valence electrons. The fraction of sp³-hybridized carbons (Fsp3) is 0.105. The zero-order chi connectivity index (χ0) is 20.5. The zero-order valence-electron chi connectivity index (χ0n) is 15.0. The third-order valence-electron chi connectivity index (χ3n) is 4.03. The Morgan fingerprint density at radius 2 is 1.68 bits per heavy atom. The van der Waals surface area contributed by atoms with Crippen LogP contribution >= 0.6 is 22.9 Å². The summed E-state index contributed by atoms with van der Waals surface area (Å²) in [4.78, 5) is 13.4. The first-order chi connectivity index (χ1) is 13.2. The molecule has 1 heterocycles. The molecule has 5 nitrogen and oxygen atoms in total. The summed E-state index contributed by atoms with van der Waals surface area (Å²) in [5, 5.41) is 1.87. The number of carbonyl (C=O) groups excluding carboxylic acids is 1. The minimum Gasteiger partial charge on any atom is -0.267 e. The third kappa shape index (κ3) is 3.91. The summed E-state index contributed by atoms with van der Waals surface area (Å²) in [7, 11) is -5.42. The van der Waals surface area contributed by atoms with Gasteiger partial charge in [0.15, 0.2) is 0 Å². The highest BCUT2D eigenvalue weighted by molar-refractivity contribution is 7.91. The Kier molecular flexibility index (Phi) is 6.04. The van der Waals surface area contributed by atoms with Crippen LogP contribution in [0.15, 0.2) is 69.8 Å². The van der Waals surface area contributed by atoms with Gasteiger partial charge >= 0.3 is 0 Å². The number of hydrogen-bond acceptors (Lipinski definition) is 5. The third-order valence-corrected chi connectivity index (χ3v) is 8.29. The number of nitrogens with zero attached hydrogens (tertiary/aromatic N) is 1. The van der Waals surface area contributed by atoms with Crippen molar-refractivity contribution in [2.75, 3.05) is 10.6 Å². The summed E-state index contributed by atoms with van der Waals surface area (Å²) in [5.74, 6) is -0.507. The van der Waals surface area contributed by atoms with Crippen LogP contribution in [0.25, 0.3) is 0 Å². The highest BCUT2D eigenvalue weighted by Crippen LogP contribution is 2.33. The van der Waals surface area contributed by atoms with Gasteiger partial charge in [-0.05, 0) is 48.9 Å². The number of carbonyl (C=O) groups is 1. The second-order valence-electron chi connectivity index (χ2n) is 5.87. The van der Waals surface area contributed by atoms with E-state index < -0.39 is 26.7 Å². The van der Waals surface area contributed by atoms with Crippen LogP contribution in [0.2, 0.25) is 5.02 Å². The maximum atomic E-state index is 13.1. The molecule has 0 spiro atoms. The second-order valence-corrected chi connectivity index (χ2v) is 10.3. The van der Waals surface area contributed by atoms with E-state index >= 15 is 0 Å². The Labute approximate surface area is 175 Å². The maximum absolute atomic E-state index is 13.1. The zero-order valence-corrected chi connectivity index (χ0v) is 18.2. The van der Waals surface area contributed by atoms with Crippen molar-refractivity contribution in [2.24, 2.45) is 0 Å². The Morgan fingerprint density at radius 1 is 1.07 bits per heavy atom. The van der Waals surface area contributed by atoms with E-state index in [-0.39, 0.29) is 14.7 Å². The summed E-state index contributed by atoms with van der Waals surface area (Å²) < 4.78 is 39.3. The SMILES string of the molecule is Cc1c(S(=O)(=O)c2ccc(Cl)cc2)csc1C(=O)N(c1ccccc1)[S@@](C)=O. The second kappa shape index (κ2) is 8.16. The lowest BCUT2D eigenvalue weighted by molar-refractivity contribution is 0.101. The number of anilines is 1. The van der Waals surface area contributed by atoms with E-state index in [1.807, 2.05) is 0 Å². The Balaban J connectivity index is 2.04. The van der Waals surface area contributed by atoms with Gasteiger partial charge in [0, 0.05) is 16.7 Å². The molecule has 2 aromatic carbocycles. The lowest BCUT2D eigenvalue weighted by Crippen LogP contribution is -2.32. The first-order valence-electron chi connectivity index (χ1n) is 8.05. The van der Waals surface area contributed by atoms with Crippen LogP contribution in [0.3, 0.4) is 0 Å². The Morgan fingerprint density at radius 3 is 2.25 bits per heavy atom. The van der Waals surface area contributed by atoms with Gasteiger partial charge in [-0.2, -0.15) is 0 Å². The molecule has 3 rings (SSSR count). The van der Waals surface area contributed by atoms with Crippen LogP contribution in [0.1, 0.15) is 15.2 Å². The maximum Gasteiger partial charge on any atom is 0.280 e. The molecule has 0 bridgehead atoms. The highest BCUT2D eigenvalue weighted by atomic mass is 35.5. The lowest BCUT2D eigenvalue weighted by atomic mass is 10.2. The van der Waals surface area contributed by atoms with Crippen molar-refractivity contribution >= 4 is 55.4 Å². The number of benzene rings is 2.